The number of aromatic nitrogens is 2. The van der Waals surface area contributed by atoms with Crippen LogP contribution in [0.2, 0.25) is 0 Å². The van der Waals surface area contributed by atoms with E-state index >= 15 is 0 Å². The summed E-state index contributed by atoms with van der Waals surface area (Å²) in [5.74, 6) is -0.292. The number of benzene rings is 2. The molecule has 0 fully saturated rings. The third kappa shape index (κ3) is 4.45. The van der Waals surface area contributed by atoms with Crippen LogP contribution in [0.15, 0.2) is 77.2 Å². The molecule has 0 aliphatic heterocycles. The number of rotatable bonds is 5. The molecule has 0 atom stereocenters. The first-order chi connectivity index (χ1) is 15.3. The second kappa shape index (κ2) is 8.75. The maximum atomic E-state index is 12.6. The standard InChI is InChI=1S/C22H17BrN4O5/c1-12-9-20(29)32-18-10-16(7-8-17(12)18)31-11-19(28)27-22(30)21(13(2)26-27)25-24-15-5-3-14(23)4-6-15/h3-10,26H,11H2,1-2H3. The molecular weight excluding hydrogens is 480 g/mol. The highest BCUT2D eigenvalue weighted by Crippen LogP contribution is 2.23. The van der Waals surface area contributed by atoms with Crippen LogP contribution in [0.25, 0.3) is 11.0 Å². The molecule has 0 saturated carbocycles. The number of ether oxygens (including phenoxy) is 1. The Morgan fingerprint density at radius 2 is 1.84 bits per heavy atom. The SMILES string of the molecule is Cc1[nH]n(C(=O)COc2ccc3c(C)cc(=O)oc3c2)c(=O)c1N=Nc1ccc(Br)cc1. The molecule has 4 rings (SSSR count). The molecule has 0 unspecified atom stereocenters. The minimum absolute atomic E-state index is 0.0317. The van der Waals surface area contributed by atoms with Crippen molar-refractivity contribution in [2.75, 3.05) is 6.61 Å². The van der Waals surface area contributed by atoms with Gasteiger partial charge in [0.1, 0.15) is 11.3 Å². The molecular formula is C22H17BrN4O5. The molecule has 10 heteroatoms. The maximum Gasteiger partial charge on any atom is 0.336 e. The Kier molecular flexibility index (Phi) is 5.87. The number of aryl methyl sites for hydroxylation is 2. The summed E-state index contributed by atoms with van der Waals surface area (Å²) in [5, 5.41) is 11.5. The number of hydrogen-bond donors (Lipinski definition) is 1. The fourth-order valence-electron chi connectivity index (χ4n) is 3.05. The lowest BCUT2D eigenvalue weighted by atomic mass is 10.1. The van der Waals surface area contributed by atoms with Gasteiger partial charge < -0.3 is 9.15 Å². The van der Waals surface area contributed by atoms with Gasteiger partial charge in [-0.1, -0.05) is 15.9 Å². The molecule has 0 saturated heterocycles. The van der Waals surface area contributed by atoms with E-state index in [1.165, 1.54) is 12.1 Å². The molecule has 0 aliphatic carbocycles. The van der Waals surface area contributed by atoms with Crippen molar-refractivity contribution >= 4 is 44.2 Å². The molecule has 2 aromatic heterocycles. The lowest BCUT2D eigenvalue weighted by Crippen LogP contribution is -2.29. The van der Waals surface area contributed by atoms with Gasteiger partial charge in [0.05, 0.1) is 11.4 Å². The van der Waals surface area contributed by atoms with Gasteiger partial charge in [-0.2, -0.15) is 9.80 Å². The van der Waals surface area contributed by atoms with E-state index in [1.54, 1.807) is 50.2 Å². The summed E-state index contributed by atoms with van der Waals surface area (Å²) in [6.07, 6.45) is 0. The first kappa shape index (κ1) is 21.4. The zero-order valence-corrected chi connectivity index (χ0v) is 18.7. The summed E-state index contributed by atoms with van der Waals surface area (Å²) in [4.78, 5) is 36.7. The van der Waals surface area contributed by atoms with Gasteiger partial charge in [0.15, 0.2) is 12.3 Å². The van der Waals surface area contributed by atoms with Crippen LogP contribution in [-0.4, -0.2) is 22.3 Å². The Labute approximate surface area is 189 Å². The summed E-state index contributed by atoms with van der Waals surface area (Å²) in [5.41, 5.74) is 1.02. The van der Waals surface area contributed by atoms with Crippen LogP contribution in [0.1, 0.15) is 16.1 Å². The Morgan fingerprint density at radius 1 is 1.09 bits per heavy atom. The molecule has 0 bridgehead atoms. The lowest BCUT2D eigenvalue weighted by Gasteiger charge is -2.07. The number of nitrogens with one attached hydrogen (secondary N) is 1. The summed E-state index contributed by atoms with van der Waals surface area (Å²) in [6.45, 7) is 3.01. The Balaban J connectivity index is 1.51. The van der Waals surface area contributed by atoms with Gasteiger partial charge in [-0.25, -0.2) is 4.79 Å². The lowest BCUT2D eigenvalue weighted by molar-refractivity contribution is 0.0816. The van der Waals surface area contributed by atoms with Crippen molar-refractivity contribution in [3.63, 3.8) is 0 Å². The monoisotopic (exact) mass is 496 g/mol. The van der Waals surface area contributed by atoms with Crippen LogP contribution in [0.3, 0.4) is 0 Å². The molecule has 2 aromatic carbocycles. The third-order valence-electron chi connectivity index (χ3n) is 4.67. The summed E-state index contributed by atoms with van der Waals surface area (Å²) >= 11 is 3.33. The van der Waals surface area contributed by atoms with E-state index in [0.29, 0.717) is 22.7 Å². The highest BCUT2D eigenvalue weighted by Gasteiger charge is 2.17. The van der Waals surface area contributed by atoms with E-state index in [4.69, 9.17) is 9.15 Å². The number of aromatic amines is 1. The van der Waals surface area contributed by atoms with Gasteiger partial charge in [0.25, 0.3) is 5.91 Å². The van der Waals surface area contributed by atoms with Crippen LogP contribution >= 0.6 is 15.9 Å². The van der Waals surface area contributed by atoms with Gasteiger partial charge in [-0.05, 0) is 55.8 Å². The largest absolute Gasteiger partial charge is 0.484 e. The van der Waals surface area contributed by atoms with Crippen molar-refractivity contribution in [1.82, 2.24) is 9.78 Å². The fraction of sp³-hybridized carbons (Fsp3) is 0.136. The summed E-state index contributed by atoms with van der Waals surface area (Å²) in [7, 11) is 0. The van der Waals surface area contributed by atoms with Crippen molar-refractivity contribution in [2.24, 2.45) is 10.2 Å². The molecule has 1 N–H and O–H groups in total. The van der Waals surface area contributed by atoms with Crippen LogP contribution in [0.5, 0.6) is 5.75 Å². The molecule has 0 spiro atoms. The topological polar surface area (TPSA) is 119 Å². The second-order valence-electron chi connectivity index (χ2n) is 6.99. The average molecular weight is 497 g/mol. The molecule has 0 aliphatic rings. The van der Waals surface area contributed by atoms with Crippen LogP contribution in [-0.2, 0) is 0 Å². The number of azo groups is 1. The first-order valence-corrected chi connectivity index (χ1v) is 10.3. The van der Waals surface area contributed by atoms with Crippen molar-refractivity contribution < 1.29 is 13.9 Å². The molecule has 4 aromatic rings. The van der Waals surface area contributed by atoms with Crippen molar-refractivity contribution in [2.45, 2.75) is 13.8 Å². The molecule has 32 heavy (non-hydrogen) atoms. The average Bonchev–Trinajstić information content (AvgIpc) is 3.04. The van der Waals surface area contributed by atoms with E-state index < -0.39 is 23.7 Å². The highest BCUT2D eigenvalue weighted by atomic mass is 79.9. The summed E-state index contributed by atoms with van der Waals surface area (Å²) < 4.78 is 12.4. The molecule has 0 radical (unpaired) electrons. The zero-order valence-electron chi connectivity index (χ0n) is 17.1. The van der Waals surface area contributed by atoms with Crippen LogP contribution < -0.4 is 15.9 Å². The Morgan fingerprint density at radius 3 is 2.59 bits per heavy atom. The van der Waals surface area contributed by atoms with Crippen LogP contribution in [0.4, 0.5) is 11.4 Å². The van der Waals surface area contributed by atoms with E-state index in [9.17, 15) is 14.4 Å². The quantitative estimate of drug-likeness (QED) is 0.314. The number of H-pyrrole nitrogens is 1. The number of carbonyl (C=O) groups excluding carboxylic acids is 1. The number of nitrogens with zero attached hydrogens (tertiary/aromatic N) is 3. The molecule has 9 nitrogen and oxygen atoms in total. The van der Waals surface area contributed by atoms with Gasteiger partial charge >= 0.3 is 11.2 Å². The zero-order chi connectivity index (χ0) is 22.8. The maximum absolute atomic E-state index is 12.6. The predicted octanol–water partition coefficient (Wildman–Crippen LogP) is 4.80. The fourth-order valence-corrected chi connectivity index (χ4v) is 3.32. The molecule has 2 heterocycles. The van der Waals surface area contributed by atoms with Gasteiger partial charge in [-0.15, -0.1) is 5.11 Å². The van der Waals surface area contributed by atoms with Gasteiger partial charge in [0, 0.05) is 22.0 Å². The number of fused-ring (bicyclic) bond motifs is 1. The first-order valence-electron chi connectivity index (χ1n) is 9.51. The van der Waals surface area contributed by atoms with E-state index in [1.807, 2.05) is 0 Å². The normalized spacial score (nSPS) is 11.3. The number of halogens is 1. The smallest absolute Gasteiger partial charge is 0.336 e. The van der Waals surface area contributed by atoms with Crippen molar-refractivity contribution in [3.8, 4) is 5.75 Å². The summed E-state index contributed by atoms with van der Waals surface area (Å²) in [6, 6.07) is 13.4. The van der Waals surface area contributed by atoms with E-state index in [-0.39, 0.29) is 5.69 Å². The van der Waals surface area contributed by atoms with Crippen molar-refractivity contribution in [3.05, 3.63) is 85.0 Å². The Hall–Kier alpha value is -3.79. The van der Waals surface area contributed by atoms with E-state index in [2.05, 4.69) is 31.3 Å². The van der Waals surface area contributed by atoms with Crippen LogP contribution in [0, 0.1) is 13.8 Å². The third-order valence-corrected chi connectivity index (χ3v) is 5.20. The molecule has 162 valence electrons. The molecule has 0 amide bonds. The minimum Gasteiger partial charge on any atom is -0.484 e. The highest BCUT2D eigenvalue weighted by molar-refractivity contribution is 9.10. The second-order valence-corrected chi connectivity index (χ2v) is 7.91. The van der Waals surface area contributed by atoms with Gasteiger partial charge in [-0.3, -0.25) is 14.7 Å². The van der Waals surface area contributed by atoms with E-state index in [0.717, 1.165) is 20.1 Å². The minimum atomic E-state index is -0.628. The number of carbonyl (C=O) groups is 1. The van der Waals surface area contributed by atoms with Gasteiger partial charge in [0.2, 0.25) is 0 Å². The predicted molar refractivity (Wildman–Crippen MR) is 121 cm³/mol. The number of hydrogen-bond acceptors (Lipinski definition) is 7. The van der Waals surface area contributed by atoms with Crippen molar-refractivity contribution in [1.29, 1.82) is 0 Å². The Bertz CT molecular complexity index is 1460.